The molecule has 0 saturated carbocycles. The maximum absolute atomic E-state index is 13.4. The topological polar surface area (TPSA) is 68.5 Å². The predicted molar refractivity (Wildman–Crippen MR) is 71.8 cm³/mol. The van der Waals surface area contributed by atoms with Crippen LogP contribution in [0.3, 0.4) is 0 Å². The van der Waals surface area contributed by atoms with Gasteiger partial charge in [-0.25, -0.2) is 9.18 Å². The van der Waals surface area contributed by atoms with E-state index in [1.165, 1.54) is 31.4 Å². The molecule has 1 N–H and O–H groups in total. The molecular weight excluding hydrogens is 277 g/mol. The van der Waals surface area contributed by atoms with E-state index in [2.05, 4.69) is 5.32 Å². The van der Waals surface area contributed by atoms with Crippen LogP contribution in [0.4, 0.5) is 4.39 Å². The molecule has 0 spiro atoms. The third kappa shape index (κ3) is 3.92. The van der Waals surface area contributed by atoms with Gasteiger partial charge >= 0.3 is 5.97 Å². The Kier molecular flexibility index (Phi) is 4.71. The predicted octanol–water partition coefficient (Wildman–Crippen LogP) is 2.28. The van der Waals surface area contributed by atoms with Crippen molar-refractivity contribution < 1.29 is 23.1 Å². The summed E-state index contributed by atoms with van der Waals surface area (Å²) in [5, 5.41) is 2.55. The Morgan fingerprint density at radius 2 is 2.05 bits per heavy atom. The van der Waals surface area contributed by atoms with Crippen LogP contribution in [0.25, 0.3) is 0 Å². The van der Waals surface area contributed by atoms with Crippen LogP contribution in [0.1, 0.15) is 23.0 Å². The summed E-state index contributed by atoms with van der Waals surface area (Å²) in [5.74, 6) is -1.48. The SMILES string of the molecule is C[C@H](OC(=O)c1ccccc1F)C(=O)NCc1ccco1. The molecule has 1 amide bonds. The van der Waals surface area contributed by atoms with Gasteiger partial charge in [-0.3, -0.25) is 4.79 Å². The first kappa shape index (κ1) is 14.8. The second kappa shape index (κ2) is 6.69. The van der Waals surface area contributed by atoms with Crippen LogP contribution in [0.2, 0.25) is 0 Å². The fraction of sp³-hybridized carbons (Fsp3) is 0.200. The van der Waals surface area contributed by atoms with Crippen LogP contribution >= 0.6 is 0 Å². The van der Waals surface area contributed by atoms with E-state index in [1.54, 1.807) is 12.1 Å². The number of esters is 1. The lowest BCUT2D eigenvalue weighted by Gasteiger charge is -2.13. The molecular formula is C15H14FNO4. The quantitative estimate of drug-likeness (QED) is 0.858. The second-order valence-electron chi connectivity index (χ2n) is 4.32. The van der Waals surface area contributed by atoms with E-state index in [0.29, 0.717) is 5.76 Å². The number of nitrogens with one attached hydrogen (secondary N) is 1. The molecule has 0 aliphatic carbocycles. The number of ether oxygens (including phenoxy) is 1. The highest BCUT2D eigenvalue weighted by atomic mass is 19.1. The molecule has 110 valence electrons. The van der Waals surface area contributed by atoms with E-state index in [1.807, 2.05) is 0 Å². The van der Waals surface area contributed by atoms with Gasteiger partial charge in [-0.2, -0.15) is 0 Å². The van der Waals surface area contributed by atoms with Gasteiger partial charge in [-0.15, -0.1) is 0 Å². The number of benzene rings is 1. The van der Waals surface area contributed by atoms with Crippen LogP contribution in [-0.2, 0) is 16.1 Å². The highest BCUT2D eigenvalue weighted by Gasteiger charge is 2.20. The molecule has 5 nitrogen and oxygen atoms in total. The Hall–Kier alpha value is -2.63. The maximum Gasteiger partial charge on any atom is 0.341 e. The molecule has 21 heavy (non-hydrogen) atoms. The zero-order valence-corrected chi connectivity index (χ0v) is 11.3. The summed E-state index contributed by atoms with van der Waals surface area (Å²) in [5.41, 5.74) is -0.205. The monoisotopic (exact) mass is 291 g/mol. The van der Waals surface area contributed by atoms with Gasteiger partial charge in [0.2, 0.25) is 0 Å². The van der Waals surface area contributed by atoms with Crippen molar-refractivity contribution in [2.75, 3.05) is 0 Å². The van der Waals surface area contributed by atoms with Gasteiger partial charge in [0.05, 0.1) is 18.4 Å². The minimum absolute atomic E-state index is 0.188. The van der Waals surface area contributed by atoms with E-state index in [4.69, 9.17) is 9.15 Å². The molecule has 1 aromatic carbocycles. The minimum atomic E-state index is -1.04. The molecule has 6 heteroatoms. The molecule has 0 aliphatic rings. The molecule has 0 radical (unpaired) electrons. The van der Waals surface area contributed by atoms with Crippen molar-refractivity contribution >= 4 is 11.9 Å². The average Bonchev–Trinajstić information content (AvgIpc) is 2.98. The third-order valence-electron chi connectivity index (χ3n) is 2.76. The van der Waals surface area contributed by atoms with Crippen molar-refractivity contribution in [1.82, 2.24) is 5.32 Å². The molecule has 0 fully saturated rings. The lowest BCUT2D eigenvalue weighted by molar-refractivity contribution is -0.129. The van der Waals surface area contributed by atoms with E-state index < -0.39 is 23.8 Å². The van der Waals surface area contributed by atoms with Crippen LogP contribution in [0.15, 0.2) is 47.1 Å². The number of rotatable bonds is 5. The van der Waals surface area contributed by atoms with Crippen molar-refractivity contribution in [2.24, 2.45) is 0 Å². The zero-order chi connectivity index (χ0) is 15.2. The lowest BCUT2D eigenvalue weighted by Crippen LogP contribution is -2.35. The molecule has 1 heterocycles. The largest absolute Gasteiger partial charge is 0.467 e. The summed E-state index contributed by atoms with van der Waals surface area (Å²) < 4.78 is 23.4. The summed E-state index contributed by atoms with van der Waals surface area (Å²) in [7, 11) is 0. The Bertz CT molecular complexity index is 624. The Morgan fingerprint density at radius 1 is 1.29 bits per heavy atom. The van der Waals surface area contributed by atoms with Crippen LogP contribution in [0.5, 0.6) is 0 Å². The van der Waals surface area contributed by atoms with E-state index in [-0.39, 0.29) is 12.1 Å². The molecule has 0 aliphatic heterocycles. The molecule has 1 atom stereocenters. The van der Waals surface area contributed by atoms with Gasteiger partial charge in [-0.05, 0) is 31.2 Å². The molecule has 0 unspecified atom stereocenters. The van der Waals surface area contributed by atoms with Gasteiger partial charge in [-0.1, -0.05) is 12.1 Å². The molecule has 2 rings (SSSR count). The number of halogens is 1. The number of amides is 1. The molecule has 0 saturated heterocycles. The summed E-state index contributed by atoms with van der Waals surface area (Å²) in [6.45, 7) is 1.60. The van der Waals surface area contributed by atoms with E-state index >= 15 is 0 Å². The van der Waals surface area contributed by atoms with Gasteiger partial charge in [0, 0.05) is 0 Å². The molecule has 1 aromatic heterocycles. The molecule has 0 bridgehead atoms. The van der Waals surface area contributed by atoms with Crippen molar-refractivity contribution in [3.05, 3.63) is 59.8 Å². The van der Waals surface area contributed by atoms with Gasteiger partial charge < -0.3 is 14.5 Å². The Labute approximate surface area is 120 Å². The first-order valence-electron chi connectivity index (χ1n) is 6.33. The average molecular weight is 291 g/mol. The van der Waals surface area contributed by atoms with Crippen molar-refractivity contribution in [2.45, 2.75) is 19.6 Å². The Balaban J connectivity index is 1.88. The lowest BCUT2D eigenvalue weighted by atomic mass is 10.2. The van der Waals surface area contributed by atoms with Crippen molar-refractivity contribution in [3.8, 4) is 0 Å². The fourth-order valence-electron chi connectivity index (χ4n) is 1.64. The highest BCUT2D eigenvalue weighted by molar-refractivity contribution is 5.92. The van der Waals surface area contributed by atoms with Gasteiger partial charge in [0.15, 0.2) is 6.10 Å². The smallest absolute Gasteiger partial charge is 0.341 e. The van der Waals surface area contributed by atoms with E-state index in [0.717, 1.165) is 6.07 Å². The first-order valence-corrected chi connectivity index (χ1v) is 6.33. The first-order chi connectivity index (χ1) is 10.1. The van der Waals surface area contributed by atoms with Gasteiger partial charge in [0.1, 0.15) is 11.6 Å². The standard InChI is InChI=1S/C15H14FNO4/c1-10(14(18)17-9-11-5-4-8-20-11)21-15(19)12-6-2-3-7-13(12)16/h2-8,10H,9H2,1H3,(H,17,18)/t10-/m0/s1. The summed E-state index contributed by atoms with van der Waals surface area (Å²) in [6, 6.07) is 8.83. The van der Waals surface area contributed by atoms with Crippen molar-refractivity contribution in [3.63, 3.8) is 0 Å². The Morgan fingerprint density at radius 3 is 2.71 bits per heavy atom. The summed E-state index contributed by atoms with van der Waals surface area (Å²) >= 11 is 0. The number of furan rings is 1. The van der Waals surface area contributed by atoms with Crippen LogP contribution < -0.4 is 5.32 Å². The normalized spacial score (nSPS) is 11.7. The molecule has 2 aromatic rings. The number of carbonyl (C=O) groups excluding carboxylic acids is 2. The maximum atomic E-state index is 13.4. The zero-order valence-electron chi connectivity index (χ0n) is 11.3. The van der Waals surface area contributed by atoms with Gasteiger partial charge in [0.25, 0.3) is 5.91 Å². The highest BCUT2D eigenvalue weighted by Crippen LogP contribution is 2.09. The number of carbonyl (C=O) groups is 2. The van der Waals surface area contributed by atoms with Crippen LogP contribution in [-0.4, -0.2) is 18.0 Å². The minimum Gasteiger partial charge on any atom is -0.467 e. The van der Waals surface area contributed by atoms with Crippen LogP contribution in [0, 0.1) is 5.82 Å². The van der Waals surface area contributed by atoms with Crippen molar-refractivity contribution in [1.29, 1.82) is 0 Å². The third-order valence-corrected chi connectivity index (χ3v) is 2.76. The number of hydrogen-bond acceptors (Lipinski definition) is 4. The number of hydrogen-bond donors (Lipinski definition) is 1. The summed E-state index contributed by atoms with van der Waals surface area (Å²) in [6.07, 6.45) is 0.454. The van der Waals surface area contributed by atoms with E-state index in [9.17, 15) is 14.0 Å². The fourth-order valence-corrected chi connectivity index (χ4v) is 1.64. The summed E-state index contributed by atoms with van der Waals surface area (Å²) in [4.78, 5) is 23.5. The second-order valence-corrected chi connectivity index (χ2v) is 4.32.